The van der Waals surface area contributed by atoms with E-state index in [1.807, 2.05) is 35.2 Å². The molecule has 1 unspecified atom stereocenters. The van der Waals surface area contributed by atoms with E-state index in [0.29, 0.717) is 33.6 Å². The third-order valence-corrected chi connectivity index (χ3v) is 8.00. The number of hydrogen-bond donors (Lipinski definition) is 1. The Morgan fingerprint density at radius 2 is 1.79 bits per heavy atom. The van der Waals surface area contributed by atoms with Crippen LogP contribution < -0.4 is 24.4 Å². The van der Waals surface area contributed by atoms with Crippen LogP contribution in [0, 0.1) is 11.8 Å². The lowest BCUT2D eigenvalue weighted by molar-refractivity contribution is -0.128. The lowest BCUT2D eigenvalue weighted by Crippen LogP contribution is -2.46. The Labute approximate surface area is 228 Å². The first-order valence-electron chi connectivity index (χ1n) is 12.4. The molecule has 39 heavy (non-hydrogen) atoms. The normalized spacial score (nSPS) is 23.9. The van der Waals surface area contributed by atoms with Crippen molar-refractivity contribution in [3.63, 3.8) is 0 Å². The average molecular weight is 544 g/mol. The quantitative estimate of drug-likeness (QED) is 0.492. The standard InChI is InChI=1S/C29H22ClN3O6/c1-37-20-8-6-16(30)12-19(20)31-27(34)26-24-23(25-18-5-3-2-4-15(18)10-11-32(25)26)28(35)33(29(24)36)17-7-9-21-22(13-17)39-14-38-21/h2-13,23-26H,14H2,1H3,(H,31,34)/t23-,24+,25?,26-/m0/s1. The Morgan fingerprint density at radius 1 is 1.00 bits per heavy atom. The van der Waals surface area contributed by atoms with E-state index >= 15 is 0 Å². The maximum absolute atomic E-state index is 14.1. The number of amides is 3. The number of fused-ring (bicyclic) bond motifs is 6. The molecule has 7 rings (SSSR count). The highest BCUT2D eigenvalue weighted by molar-refractivity contribution is 6.31. The molecule has 196 valence electrons. The fraction of sp³-hybridized carbons (Fsp3) is 0.207. The Kier molecular flexibility index (Phi) is 5.31. The van der Waals surface area contributed by atoms with Gasteiger partial charge in [-0.3, -0.25) is 14.4 Å². The molecule has 4 heterocycles. The van der Waals surface area contributed by atoms with Crippen LogP contribution in [0.1, 0.15) is 17.2 Å². The summed E-state index contributed by atoms with van der Waals surface area (Å²) in [5.74, 6) is -1.51. The van der Waals surface area contributed by atoms with Gasteiger partial charge < -0.3 is 24.4 Å². The molecule has 0 spiro atoms. The molecule has 3 aromatic rings. The average Bonchev–Trinajstić information content (AvgIpc) is 3.61. The van der Waals surface area contributed by atoms with Crippen molar-refractivity contribution in [2.45, 2.75) is 12.1 Å². The van der Waals surface area contributed by atoms with Crippen molar-refractivity contribution in [2.24, 2.45) is 11.8 Å². The van der Waals surface area contributed by atoms with E-state index in [4.69, 9.17) is 25.8 Å². The molecule has 2 saturated heterocycles. The number of methoxy groups -OCH3 is 1. The smallest absolute Gasteiger partial charge is 0.248 e. The lowest BCUT2D eigenvalue weighted by atomic mass is 9.84. The van der Waals surface area contributed by atoms with E-state index in [1.165, 1.54) is 12.0 Å². The second kappa shape index (κ2) is 8.78. The highest BCUT2D eigenvalue weighted by Crippen LogP contribution is 2.54. The first-order valence-corrected chi connectivity index (χ1v) is 12.8. The summed E-state index contributed by atoms with van der Waals surface area (Å²) in [6.45, 7) is 0.0707. The van der Waals surface area contributed by atoms with Crippen molar-refractivity contribution in [1.29, 1.82) is 0 Å². The second-order valence-corrected chi connectivity index (χ2v) is 10.2. The topological polar surface area (TPSA) is 97.4 Å². The number of nitrogens with zero attached hydrogens (tertiary/aromatic N) is 2. The fourth-order valence-corrected chi connectivity index (χ4v) is 6.29. The first kappa shape index (κ1) is 23.6. The van der Waals surface area contributed by atoms with Crippen LogP contribution in [0.15, 0.2) is 66.9 Å². The Bertz CT molecular complexity index is 1590. The minimum atomic E-state index is -0.955. The number of rotatable bonds is 4. The summed E-state index contributed by atoms with van der Waals surface area (Å²) < 4.78 is 16.3. The fourth-order valence-electron chi connectivity index (χ4n) is 6.12. The van der Waals surface area contributed by atoms with E-state index in [2.05, 4.69) is 5.32 Å². The highest BCUT2D eigenvalue weighted by atomic mass is 35.5. The zero-order chi connectivity index (χ0) is 26.8. The van der Waals surface area contributed by atoms with E-state index in [0.717, 1.165) is 11.1 Å². The summed E-state index contributed by atoms with van der Waals surface area (Å²) in [6.07, 6.45) is 3.70. The molecule has 3 aromatic carbocycles. The van der Waals surface area contributed by atoms with Gasteiger partial charge in [-0.25, -0.2) is 4.90 Å². The highest BCUT2D eigenvalue weighted by Gasteiger charge is 2.64. The van der Waals surface area contributed by atoms with Gasteiger partial charge in [0.2, 0.25) is 24.5 Å². The maximum atomic E-state index is 14.1. The van der Waals surface area contributed by atoms with Gasteiger partial charge in [0.25, 0.3) is 0 Å². The van der Waals surface area contributed by atoms with Crippen LogP contribution in [-0.4, -0.2) is 42.6 Å². The minimum absolute atomic E-state index is 0.0707. The molecule has 1 N–H and O–H groups in total. The SMILES string of the molecule is COc1ccc(Cl)cc1NC(=O)[C@@H]1[C@@H]2C(=O)N(c3ccc4c(c3)OCO4)C(=O)[C@@H]2C2c3ccccc3C=CN21. The second-order valence-electron chi connectivity index (χ2n) is 9.72. The molecule has 0 aromatic heterocycles. The van der Waals surface area contributed by atoms with Gasteiger partial charge in [0, 0.05) is 17.3 Å². The summed E-state index contributed by atoms with van der Waals surface area (Å²) in [5, 5.41) is 3.31. The summed E-state index contributed by atoms with van der Waals surface area (Å²) in [7, 11) is 1.49. The number of imide groups is 1. The summed E-state index contributed by atoms with van der Waals surface area (Å²) in [6, 6.07) is 16.1. The van der Waals surface area contributed by atoms with Gasteiger partial charge in [0.15, 0.2) is 11.5 Å². The van der Waals surface area contributed by atoms with Crippen molar-refractivity contribution in [2.75, 3.05) is 24.1 Å². The monoisotopic (exact) mass is 543 g/mol. The van der Waals surface area contributed by atoms with Crippen LogP contribution in [0.5, 0.6) is 17.2 Å². The van der Waals surface area contributed by atoms with E-state index < -0.39 is 35.7 Å². The van der Waals surface area contributed by atoms with Crippen molar-refractivity contribution >= 4 is 46.8 Å². The van der Waals surface area contributed by atoms with Crippen molar-refractivity contribution in [3.8, 4) is 17.2 Å². The molecule has 2 fully saturated rings. The largest absolute Gasteiger partial charge is 0.495 e. The van der Waals surface area contributed by atoms with Gasteiger partial charge in [0.05, 0.1) is 36.4 Å². The lowest BCUT2D eigenvalue weighted by Gasteiger charge is -2.35. The van der Waals surface area contributed by atoms with Gasteiger partial charge in [-0.05, 0) is 47.5 Å². The summed E-state index contributed by atoms with van der Waals surface area (Å²) in [4.78, 5) is 45.1. The van der Waals surface area contributed by atoms with Crippen molar-refractivity contribution in [1.82, 2.24) is 4.90 Å². The van der Waals surface area contributed by atoms with Crippen molar-refractivity contribution < 1.29 is 28.6 Å². The van der Waals surface area contributed by atoms with Crippen LogP contribution >= 0.6 is 11.6 Å². The molecule has 0 saturated carbocycles. The predicted molar refractivity (Wildman–Crippen MR) is 143 cm³/mol. The predicted octanol–water partition coefficient (Wildman–Crippen LogP) is 4.23. The van der Waals surface area contributed by atoms with Gasteiger partial charge in [-0.15, -0.1) is 0 Å². The third kappa shape index (κ3) is 3.50. The number of nitrogens with one attached hydrogen (secondary N) is 1. The van der Waals surface area contributed by atoms with E-state index in [1.54, 1.807) is 42.6 Å². The molecule has 4 aliphatic heterocycles. The molecular weight excluding hydrogens is 522 g/mol. The zero-order valence-electron chi connectivity index (χ0n) is 20.7. The summed E-state index contributed by atoms with van der Waals surface area (Å²) in [5.41, 5.74) is 2.59. The Balaban J connectivity index is 1.31. The first-order chi connectivity index (χ1) is 19.0. The third-order valence-electron chi connectivity index (χ3n) is 7.76. The maximum Gasteiger partial charge on any atom is 0.248 e. The molecular formula is C29H22ClN3O6. The number of benzene rings is 3. The number of carbonyl (C=O) groups is 3. The number of carbonyl (C=O) groups excluding carboxylic acids is 3. The zero-order valence-corrected chi connectivity index (χ0v) is 21.4. The van der Waals surface area contributed by atoms with E-state index in [-0.39, 0.29) is 12.7 Å². The number of ether oxygens (including phenoxy) is 3. The molecule has 0 aliphatic carbocycles. The number of hydrogen-bond acceptors (Lipinski definition) is 7. The Morgan fingerprint density at radius 3 is 2.64 bits per heavy atom. The minimum Gasteiger partial charge on any atom is -0.495 e. The molecule has 9 nitrogen and oxygen atoms in total. The van der Waals surface area contributed by atoms with Gasteiger partial charge in [0.1, 0.15) is 11.8 Å². The molecule has 3 amide bonds. The summed E-state index contributed by atoms with van der Waals surface area (Å²) >= 11 is 6.19. The van der Waals surface area contributed by atoms with Gasteiger partial charge in [-0.2, -0.15) is 0 Å². The molecule has 4 aliphatic rings. The molecule has 0 radical (unpaired) electrons. The number of halogens is 1. The van der Waals surface area contributed by atoms with Crippen LogP contribution in [0.25, 0.3) is 6.08 Å². The van der Waals surface area contributed by atoms with Crippen LogP contribution in [0.2, 0.25) is 5.02 Å². The molecule has 4 atom stereocenters. The Hall–Kier alpha value is -4.50. The van der Waals surface area contributed by atoms with E-state index in [9.17, 15) is 14.4 Å². The number of anilines is 2. The van der Waals surface area contributed by atoms with Crippen LogP contribution in [0.4, 0.5) is 11.4 Å². The van der Waals surface area contributed by atoms with Gasteiger partial charge >= 0.3 is 0 Å². The van der Waals surface area contributed by atoms with Crippen molar-refractivity contribution in [3.05, 3.63) is 83.0 Å². The molecule has 10 heteroatoms. The van der Waals surface area contributed by atoms with Crippen LogP contribution in [0.3, 0.4) is 0 Å². The molecule has 0 bridgehead atoms. The van der Waals surface area contributed by atoms with Crippen LogP contribution in [-0.2, 0) is 14.4 Å². The van der Waals surface area contributed by atoms with Gasteiger partial charge in [-0.1, -0.05) is 35.9 Å².